The van der Waals surface area contributed by atoms with Crippen molar-refractivity contribution in [1.29, 1.82) is 5.26 Å². The quantitative estimate of drug-likeness (QED) is 0.714. The zero-order valence-electron chi connectivity index (χ0n) is 14.6. The molecule has 0 saturated heterocycles. The van der Waals surface area contributed by atoms with Gasteiger partial charge in [0.25, 0.3) is 0 Å². The molecule has 0 spiro atoms. The molecule has 0 fully saturated rings. The number of nitrogen functional groups attached to an aromatic ring is 1. The molecule has 0 amide bonds. The molecule has 26 heavy (non-hydrogen) atoms. The van der Waals surface area contributed by atoms with Gasteiger partial charge in [-0.05, 0) is 25.5 Å². The predicted octanol–water partition coefficient (Wildman–Crippen LogP) is 4.42. The molecule has 2 heterocycles. The molecule has 0 bridgehead atoms. The molecule has 0 unspecified atom stereocenters. The van der Waals surface area contributed by atoms with Gasteiger partial charge in [0.15, 0.2) is 0 Å². The maximum Gasteiger partial charge on any atom is 0.147 e. The third kappa shape index (κ3) is 2.52. The van der Waals surface area contributed by atoms with E-state index in [4.69, 9.17) is 38.4 Å². The van der Waals surface area contributed by atoms with E-state index in [1.54, 1.807) is 10.6 Å². The van der Waals surface area contributed by atoms with Crippen LogP contribution in [0.15, 0.2) is 12.1 Å². The van der Waals surface area contributed by atoms with Crippen LogP contribution in [0.3, 0.4) is 0 Å². The highest BCUT2D eigenvalue weighted by atomic mass is 35.5. The van der Waals surface area contributed by atoms with Gasteiger partial charge < -0.3 is 15.2 Å². The summed E-state index contributed by atoms with van der Waals surface area (Å²) in [6.07, 6.45) is 0. The Morgan fingerprint density at radius 3 is 2.19 bits per heavy atom. The minimum absolute atomic E-state index is 0.194. The van der Waals surface area contributed by atoms with Crippen molar-refractivity contribution in [3.8, 4) is 23.3 Å². The van der Waals surface area contributed by atoms with Crippen LogP contribution in [0.2, 0.25) is 10.0 Å². The molecule has 2 N–H and O–H groups in total. The standard InChI is InChI=1S/C18H16Cl2N4O2/c1-8-5-10-11(7-21)17(22)24(18(10)23-9(8)2)16-14(19)12(25-3)6-13(26-4)15(16)20/h5-6H,22H2,1-4H3. The number of hydrogen-bond donors (Lipinski definition) is 1. The summed E-state index contributed by atoms with van der Waals surface area (Å²) in [5.74, 6) is 0.928. The Labute approximate surface area is 160 Å². The van der Waals surface area contributed by atoms with Gasteiger partial charge in [-0.15, -0.1) is 0 Å². The molecule has 3 aromatic rings. The molecule has 0 radical (unpaired) electrons. The smallest absolute Gasteiger partial charge is 0.147 e. The maximum atomic E-state index is 9.59. The number of halogens is 2. The molecule has 0 saturated carbocycles. The second-order valence-corrected chi connectivity index (χ2v) is 6.48. The van der Waals surface area contributed by atoms with Gasteiger partial charge in [0.05, 0.1) is 19.9 Å². The predicted molar refractivity (Wildman–Crippen MR) is 103 cm³/mol. The number of fused-ring (bicyclic) bond motifs is 1. The zero-order valence-corrected chi connectivity index (χ0v) is 16.2. The Kier molecular flexibility index (Phi) is 4.61. The lowest BCUT2D eigenvalue weighted by Crippen LogP contribution is -2.05. The van der Waals surface area contributed by atoms with Crippen LogP contribution in [-0.4, -0.2) is 23.8 Å². The van der Waals surface area contributed by atoms with E-state index < -0.39 is 0 Å². The minimum atomic E-state index is 0.194. The summed E-state index contributed by atoms with van der Waals surface area (Å²) in [5, 5.41) is 10.7. The number of anilines is 1. The van der Waals surface area contributed by atoms with Crippen LogP contribution >= 0.6 is 23.2 Å². The first-order chi connectivity index (χ1) is 12.3. The highest BCUT2D eigenvalue weighted by Gasteiger charge is 2.25. The molecule has 8 heteroatoms. The van der Waals surface area contributed by atoms with Gasteiger partial charge >= 0.3 is 0 Å². The van der Waals surface area contributed by atoms with Gasteiger partial charge in [0.1, 0.15) is 44.6 Å². The van der Waals surface area contributed by atoms with E-state index in [-0.39, 0.29) is 15.9 Å². The van der Waals surface area contributed by atoms with Crippen molar-refractivity contribution in [1.82, 2.24) is 9.55 Å². The van der Waals surface area contributed by atoms with E-state index in [0.717, 1.165) is 11.3 Å². The van der Waals surface area contributed by atoms with Crippen molar-refractivity contribution >= 4 is 40.1 Å². The third-order valence-electron chi connectivity index (χ3n) is 4.31. The molecule has 0 aliphatic rings. The fourth-order valence-electron chi connectivity index (χ4n) is 2.82. The van der Waals surface area contributed by atoms with Crippen LogP contribution in [0.4, 0.5) is 5.82 Å². The molecule has 0 aliphatic heterocycles. The third-order valence-corrected chi connectivity index (χ3v) is 5.04. The summed E-state index contributed by atoms with van der Waals surface area (Å²) in [6, 6.07) is 5.60. The van der Waals surface area contributed by atoms with Crippen LogP contribution in [0, 0.1) is 25.2 Å². The molecular formula is C18H16Cl2N4O2. The summed E-state index contributed by atoms with van der Waals surface area (Å²) < 4.78 is 12.2. The summed E-state index contributed by atoms with van der Waals surface area (Å²) in [7, 11) is 2.98. The molecule has 1 aromatic carbocycles. The Balaban J connectivity index is 2.53. The van der Waals surface area contributed by atoms with Crippen molar-refractivity contribution in [3.63, 3.8) is 0 Å². The monoisotopic (exact) mass is 390 g/mol. The first-order valence-corrected chi connectivity index (χ1v) is 8.39. The molecule has 0 aliphatic carbocycles. The fourth-order valence-corrected chi connectivity index (χ4v) is 3.49. The number of aromatic nitrogens is 2. The van der Waals surface area contributed by atoms with Gasteiger partial charge in [0.2, 0.25) is 0 Å². The molecule has 0 atom stereocenters. The van der Waals surface area contributed by atoms with Gasteiger partial charge in [-0.3, -0.25) is 4.57 Å². The van der Waals surface area contributed by atoms with E-state index in [0.29, 0.717) is 33.8 Å². The van der Waals surface area contributed by atoms with Gasteiger partial charge in [0, 0.05) is 17.1 Å². The Morgan fingerprint density at radius 2 is 1.69 bits per heavy atom. The maximum absolute atomic E-state index is 9.59. The minimum Gasteiger partial charge on any atom is -0.495 e. The number of nitrogens with two attached hydrogens (primary N) is 1. The Bertz CT molecular complexity index is 1060. The number of nitrogens with zero attached hydrogens (tertiary/aromatic N) is 3. The number of nitriles is 1. The van der Waals surface area contributed by atoms with Crippen molar-refractivity contribution in [2.75, 3.05) is 20.0 Å². The lowest BCUT2D eigenvalue weighted by atomic mass is 10.1. The molecule has 2 aromatic heterocycles. The van der Waals surface area contributed by atoms with Crippen LogP contribution in [-0.2, 0) is 0 Å². The molecule has 6 nitrogen and oxygen atoms in total. The van der Waals surface area contributed by atoms with Gasteiger partial charge in [-0.25, -0.2) is 4.98 Å². The van der Waals surface area contributed by atoms with Crippen LogP contribution in [0.5, 0.6) is 11.5 Å². The van der Waals surface area contributed by atoms with E-state index in [9.17, 15) is 5.26 Å². The second kappa shape index (κ2) is 6.60. The highest BCUT2D eigenvalue weighted by molar-refractivity contribution is 6.40. The Hall–Kier alpha value is -2.62. The average Bonchev–Trinajstić information content (AvgIpc) is 2.87. The number of pyridine rings is 1. The molecule has 134 valence electrons. The lowest BCUT2D eigenvalue weighted by molar-refractivity contribution is 0.394. The molecule has 3 rings (SSSR count). The van der Waals surface area contributed by atoms with Crippen LogP contribution in [0.1, 0.15) is 16.8 Å². The highest BCUT2D eigenvalue weighted by Crippen LogP contribution is 2.45. The largest absolute Gasteiger partial charge is 0.495 e. The van der Waals surface area contributed by atoms with Crippen molar-refractivity contribution in [2.24, 2.45) is 0 Å². The van der Waals surface area contributed by atoms with Crippen molar-refractivity contribution in [3.05, 3.63) is 39.0 Å². The summed E-state index contributed by atoms with van der Waals surface area (Å²) in [6.45, 7) is 3.80. The topological polar surface area (TPSA) is 86.1 Å². The second-order valence-electron chi connectivity index (χ2n) is 5.73. The number of ether oxygens (including phenoxy) is 2. The van der Waals surface area contributed by atoms with Crippen molar-refractivity contribution in [2.45, 2.75) is 13.8 Å². The van der Waals surface area contributed by atoms with Gasteiger partial charge in [-0.1, -0.05) is 23.2 Å². The SMILES string of the molecule is COc1cc(OC)c(Cl)c(-n2c(N)c(C#N)c3cc(C)c(C)nc32)c1Cl. The van der Waals surface area contributed by atoms with Gasteiger partial charge in [-0.2, -0.15) is 5.26 Å². The number of benzene rings is 1. The fraction of sp³-hybridized carbons (Fsp3) is 0.222. The Morgan fingerprint density at radius 1 is 1.12 bits per heavy atom. The van der Waals surface area contributed by atoms with Crippen molar-refractivity contribution < 1.29 is 9.47 Å². The number of aryl methyl sites for hydroxylation is 2. The lowest BCUT2D eigenvalue weighted by Gasteiger charge is -2.17. The first kappa shape index (κ1) is 18.2. The average molecular weight is 391 g/mol. The number of methoxy groups -OCH3 is 2. The van der Waals surface area contributed by atoms with Crippen LogP contribution in [0.25, 0.3) is 16.7 Å². The number of hydrogen-bond acceptors (Lipinski definition) is 5. The summed E-state index contributed by atoms with van der Waals surface area (Å²) >= 11 is 13.0. The van der Waals surface area contributed by atoms with E-state index in [1.165, 1.54) is 14.2 Å². The number of rotatable bonds is 3. The zero-order chi connectivity index (χ0) is 19.2. The van der Waals surface area contributed by atoms with Crippen LogP contribution < -0.4 is 15.2 Å². The first-order valence-electron chi connectivity index (χ1n) is 7.64. The van der Waals surface area contributed by atoms with E-state index in [1.807, 2.05) is 19.9 Å². The summed E-state index contributed by atoms with van der Waals surface area (Å²) in [4.78, 5) is 4.61. The van der Waals surface area contributed by atoms with E-state index in [2.05, 4.69) is 11.1 Å². The van der Waals surface area contributed by atoms with E-state index >= 15 is 0 Å². The summed E-state index contributed by atoms with van der Waals surface area (Å²) in [5.41, 5.74) is 9.19. The molecular weight excluding hydrogens is 375 g/mol. The normalized spacial score (nSPS) is 10.8.